The van der Waals surface area contributed by atoms with E-state index in [4.69, 9.17) is 9.47 Å². The number of carbonyl (C=O) groups is 1. The minimum absolute atomic E-state index is 0.143. The first kappa shape index (κ1) is 18.5. The van der Waals surface area contributed by atoms with E-state index in [-0.39, 0.29) is 12.5 Å². The van der Waals surface area contributed by atoms with Crippen molar-refractivity contribution in [2.24, 2.45) is 5.10 Å². The van der Waals surface area contributed by atoms with Crippen molar-refractivity contribution in [2.75, 3.05) is 13.7 Å². The fourth-order valence-corrected chi connectivity index (χ4v) is 3.54. The smallest absolute Gasteiger partial charge is 0.277 e. The molecule has 0 aliphatic rings. The largest absolute Gasteiger partial charge is 0.497 e. The Bertz CT molecular complexity index is 740. The lowest BCUT2D eigenvalue weighted by molar-refractivity contribution is -0.123. The van der Waals surface area contributed by atoms with Gasteiger partial charge in [0.15, 0.2) is 6.61 Å². The maximum absolute atomic E-state index is 11.8. The van der Waals surface area contributed by atoms with Gasteiger partial charge in [0, 0.05) is 0 Å². The van der Waals surface area contributed by atoms with Crippen LogP contribution < -0.4 is 14.9 Å². The number of halogens is 2. The van der Waals surface area contributed by atoms with Gasteiger partial charge < -0.3 is 9.47 Å². The van der Waals surface area contributed by atoms with Gasteiger partial charge in [-0.2, -0.15) is 5.10 Å². The number of ether oxygens (including phenoxy) is 2. The van der Waals surface area contributed by atoms with E-state index in [0.29, 0.717) is 5.75 Å². The monoisotopic (exact) mass is 454 g/mol. The molecule has 0 aromatic heterocycles. The van der Waals surface area contributed by atoms with Gasteiger partial charge in [0.2, 0.25) is 0 Å². The molecule has 0 aliphatic heterocycles. The number of hydrazone groups is 1. The summed E-state index contributed by atoms with van der Waals surface area (Å²) in [5.41, 5.74) is 4.32. The van der Waals surface area contributed by atoms with Crippen LogP contribution in [-0.4, -0.2) is 25.8 Å². The van der Waals surface area contributed by atoms with Gasteiger partial charge in [0.1, 0.15) is 11.5 Å². The molecule has 0 atom stereocenters. The van der Waals surface area contributed by atoms with Gasteiger partial charge >= 0.3 is 0 Å². The molecule has 0 aliphatic carbocycles. The normalized spacial score (nSPS) is 10.7. The topological polar surface area (TPSA) is 59.9 Å². The molecule has 1 amide bonds. The summed E-state index contributed by atoms with van der Waals surface area (Å²) < 4.78 is 12.2. The van der Waals surface area contributed by atoms with Crippen LogP contribution in [0.3, 0.4) is 0 Å². The second kappa shape index (κ2) is 8.84. The highest BCUT2D eigenvalue weighted by molar-refractivity contribution is 9.11. The Hall–Kier alpha value is -1.86. The van der Waals surface area contributed by atoms with Crippen molar-refractivity contribution in [3.8, 4) is 11.5 Å². The highest BCUT2D eigenvalue weighted by Crippen LogP contribution is 2.34. The van der Waals surface area contributed by atoms with E-state index in [0.717, 1.165) is 25.8 Å². The third kappa shape index (κ3) is 5.35. The Morgan fingerprint density at radius 3 is 2.62 bits per heavy atom. The van der Waals surface area contributed by atoms with Gasteiger partial charge in [-0.05, 0) is 74.2 Å². The maximum Gasteiger partial charge on any atom is 0.277 e. The maximum atomic E-state index is 11.8. The molecular formula is C17H16Br2N2O3. The average Bonchev–Trinajstić information content (AvgIpc) is 2.54. The molecule has 0 unspecified atom stereocenters. The standard InChI is InChI=1S/C17H16Br2N2O3/c1-11-6-14(18)17(15(19)7-11)24-10-16(22)21-20-9-12-4-3-5-13(8-12)23-2/h3-9H,10H2,1-2H3,(H,21,22)/b20-9-. The van der Waals surface area contributed by atoms with E-state index in [1.807, 2.05) is 43.3 Å². The number of hydrogen-bond donors (Lipinski definition) is 1. The molecule has 0 spiro atoms. The SMILES string of the molecule is COc1cccc(/C=N\NC(=O)COc2c(Br)cc(C)cc2Br)c1. The summed E-state index contributed by atoms with van der Waals surface area (Å²) in [6, 6.07) is 11.2. The molecule has 2 aromatic rings. The summed E-state index contributed by atoms with van der Waals surface area (Å²) in [5, 5.41) is 3.90. The summed E-state index contributed by atoms with van der Waals surface area (Å²) >= 11 is 6.83. The van der Waals surface area contributed by atoms with Gasteiger partial charge in [0.25, 0.3) is 5.91 Å². The minimum Gasteiger partial charge on any atom is -0.497 e. The number of nitrogens with zero attached hydrogens (tertiary/aromatic N) is 1. The fourth-order valence-electron chi connectivity index (χ4n) is 1.90. The molecule has 0 saturated carbocycles. The first-order chi connectivity index (χ1) is 11.5. The van der Waals surface area contributed by atoms with Crippen molar-refractivity contribution in [1.29, 1.82) is 0 Å². The van der Waals surface area contributed by atoms with Gasteiger partial charge in [-0.15, -0.1) is 0 Å². The quantitative estimate of drug-likeness (QED) is 0.527. The van der Waals surface area contributed by atoms with Gasteiger partial charge in [0.05, 0.1) is 22.3 Å². The van der Waals surface area contributed by atoms with Crippen LogP contribution in [0.15, 0.2) is 50.4 Å². The molecule has 0 saturated heterocycles. The Morgan fingerprint density at radius 1 is 1.25 bits per heavy atom. The second-order valence-electron chi connectivity index (χ2n) is 4.92. The number of aryl methyl sites for hydroxylation is 1. The molecule has 0 fully saturated rings. The molecule has 24 heavy (non-hydrogen) atoms. The van der Waals surface area contributed by atoms with Crippen LogP contribution in [0.1, 0.15) is 11.1 Å². The fraction of sp³-hybridized carbons (Fsp3) is 0.176. The highest BCUT2D eigenvalue weighted by Gasteiger charge is 2.09. The van der Waals surface area contributed by atoms with Gasteiger partial charge in [-0.25, -0.2) is 5.43 Å². The zero-order valence-electron chi connectivity index (χ0n) is 13.2. The van der Waals surface area contributed by atoms with E-state index in [2.05, 4.69) is 42.4 Å². The Labute approximate surface area is 157 Å². The third-order valence-electron chi connectivity index (χ3n) is 2.99. The number of carbonyl (C=O) groups excluding carboxylic acids is 1. The van der Waals surface area contributed by atoms with Crippen molar-refractivity contribution < 1.29 is 14.3 Å². The summed E-state index contributed by atoms with van der Waals surface area (Å²) in [6.45, 7) is 1.83. The molecule has 2 rings (SSSR count). The van der Waals surface area contributed by atoms with E-state index in [1.165, 1.54) is 6.21 Å². The Kier molecular flexibility index (Phi) is 6.81. The third-order valence-corrected chi connectivity index (χ3v) is 4.16. The minimum atomic E-state index is -0.353. The lowest BCUT2D eigenvalue weighted by atomic mass is 10.2. The van der Waals surface area contributed by atoms with E-state index >= 15 is 0 Å². The van der Waals surface area contributed by atoms with E-state index < -0.39 is 0 Å². The van der Waals surface area contributed by atoms with Crippen LogP contribution in [0.5, 0.6) is 11.5 Å². The molecule has 126 valence electrons. The summed E-state index contributed by atoms with van der Waals surface area (Å²) in [5.74, 6) is 0.948. The molecule has 0 heterocycles. The van der Waals surface area contributed by atoms with E-state index in [1.54, 1.807) is 7.11 Å². The Balaban J connectivity index is 1.89. The molecule has 5 nitrogen and oxygen atoms in total. The predicted octanol–water partition coefficient (Wildman–Crippen LogP) is 4.06. The van der Waals surface area contributed by atoms with Crippen LogP contribution >= 0.6 is 31.9 Å². The van der Waals surface area contributed by atoms with Crippen LogP contribution in [0, 0.1) is 6.92 Å². The van der Waals surface area contributed by atoms with E-state index in [9.17, 15) is 4.79 Å². The first-order valence-electron chi connectivity index (χ1n) is 7.04. The highest BCUT2D eigenvalue weighted by atomic mass is 79.9. The van der Waals surface area contributed by atoms with Crippen molar-refractivity contribution in [2.45, 2.75) is 6.92 Å². The summed E-state index contributed by atoms with van der Waals surface area (Å²) in [6.07, 6.45) is 1.54. The van der Waals surface area contributed by atoms with Crippen LogP contribution in [0.4, 0.5) is 0 Å². The molecule has 0 bridgehead atoms. The van der Waals surface area contributed by atoms with Crippen molar-refractivity contribution in [3.63, 3.8) is 0 Å². The van der Waals surface area contributed by atoms with Crippen LogP contribution in [0.2, 0.25) is 0 Å². The molecule has 1 N–H and O–H groups in total. The summed E-state index contributed by atoms with van der Waals surface area (Å²) in [7, 11) is 1.59. The number of hydrogen-bond acceptors (Lipinski definition) is 4. The molecule has 7 heteroatoms. The van der Waals surface area contributed by atoms with Gasteiger partial charge in [-0.3, -0.25) is 4.79 Å². The molecule has 2 aromatic carbocycles. The van der Waals surface area contributed by atoms with Crippen LogP contribution in [0.25, 0.3) is 0 Å². The predicted molar refractivity (Wildman–Crippen MR) is 101 cm³/mol. The molecule has 0 radical (unpaired) electrons. The van der Waals surface area contributed by atoms with Crippen molar-refractivity contribution in [3.05, 3.63) is 56.5 Å². The number of amides is 1. The first-order valence-corrected chi connectivity index (χ1v) is 8.62. The Morgan fingerprint density at radius 2 is 1.96 bits per heavy atom. The number of nitrogens with one attached hydrogen (secondary N) is 1. The summed E-state index contributed by atoms with van der Waals surface area (Å²) in [4.78, 5) is 11.8. The number of methoxy groups -OCH3 is 1. The molecular weight excluding hydrogens is 440 g/mol. The lowest BCUT2D eigenvalue weighted by Gasteiger charge is -2.10. The number of benzene rings is 2. The number of rotatable bonds is 6. The zero-order chi connectivity index (χ0) is 17.5. The zero-order valence-corrected chi connectivity index (χ0v) is 16.3. The lowest BCUT2D eigenvalue weighted by Crippen LogP contribution is -2.24. The van der Waals surface area contributed by atoms with Crippen LogP contribution in [-0.2, 0) is 4.79 Å². The average molecular weight is 456 g/mol. The van der Waals surface area contributed by atoms with Crippen molar-refractivity contribution in [1.82, 2.24) is 5.43 Å². The van der Waals surface area contributed by atoms with Crippen molar-refractivity contribution >= 4 is 44.0 Å². The van der Waals surface area contributed by atoms with Gasteiger partial charge in [-0.1, -0.05) is 12.1 Å². The second-order valence-corrected chi connectivity index (χ2v) is 6.62.